The van der Waals surface area contributed by atoms with Crippen molar-refractivity contribution in [1.29, 1.82) is 0 Å². The summed E-state index contributed by atoms with van der Waals surface area (Å²) in [5, 5.41) is 14.1. The molecule has 0 saturated carbocycles. The molecule has 0 fully saturated rings. The van der Waals surface area contributed by atoms with Crippen LogP contribution in [0.1, 0.15) is 25.5 Å². The number of nitrogens with two attached hydrogens (primary N) is 1. The van der Waals surface area contributed by atoms with Crippen molar-refractivity contribution in [3.05, 3.63) is 11.1 Å². The molecule has 1 unspecified atom stereocenters. The summed E-state index contributed by atoms with van der Waals surface area (Å²) < 4.78 is 0. The zero-order valence-corrected chi connectivity index (χ0v) is 10.3. The fraction of sp³-hybridized carbons (Fsp3) is 0.500. The summed E-state index contributed by atoms with van der Waals surface area (Å²) in [7, 11) is 0. The smallest absolute Gasteiger partial charge is 0.303 e. The zero-order valence-electron chi connectivity index (χ0n) is 9.47. The first-order valence-electron chi connectivity index (χ1n) is 5.18. The van der Waals surface area contributed by atoms with Crippen molar-refractivity contribution in [1.82, 2.24) is 4.98 Å². The second-order valence-corrected chi connectivity index (χ2v) is 4.61. The van der Waals surface area contributed by atoms with Crippen LogP contribution >= 0.6 is 11.3 Å². The van der Waals surface area contributed by atoms with Crippen molar-refractivity contribution in [3.8, 4) is 0 Å². The number of aromatic nitrogens is 1. The first-order chi connectivity index (χ1) is 7.97. The van der Waals surface area contributed by atoms with E-state index in [-0.39, 0.29) is 24.8 Å². The summed E-state index contributed by atoms with van der Waals surface area (Å²) in [4.78, 5) is 25.3. The van der Waals surface area contributed by atoms with Gasteiger partial charge < -0.3 is 16.2 Å². The molecule has 17 heavy (non-hydrogen) atoms. The van der Waals surface area contributed by atoms with Crippen LogP contribution in [0, 0.1) is 0 Å². The average Bonchev–Trinajstić information content (AvgIpc) is 2.61. The normalized spacial score (nSPS) is 12.1. The number of rotatable bonds is 7. The highest BCUT2D eigenvalue weighted by molar-refractivity contribution is 7.13. The van der Waals surface area contributed by atoms with E-state index in [1.807, 2.05) is 12.3 Å². The third-order valence-corrected chi connectivity index (χ3v) is 2.85. The van der Waals surface area contributed by atoms with Gasteiger partial charge in [0, 0.05) is 24.3 Å². The van der Waals surface area contributed by atoms with Gasteiger partial charge in [-0.05, 0) is 6.92 Å². The molecule has 0 aliphatic heterocycles. The van der Waals surface area contributed by atoms with Crippen molar-refractivity contribution in [3.63, 3.8) is 0 Å². The Balaban J connectivity index is 2.45. The Morgan fingerprint density at radius 1 is 1.65 bits per heavy atom. The number of amides is 1. The molecule has 0 radical (unpaired) electrons. The lowest BCUT2D eigenvalue weighted by atomic mass is 10.2. The van der Waals surface area contributed by atoms with E-state index in [0.717, 1.165) is 5.69 Å². The van der Waals surface area contributed by atoms with Gasteiger partial charge in [0.25, 0.3) is 0 Å². The predicted molar refractivity (Wildman–Crippen MR) is 65.0 cm³/mol. The Morgan fingerprint density at radius 2 is 2.35 bits per heavy atom. The Labute approximate surface area is 103 Å². The van der Waals surface area contributed by atoms with E-state index in [1.165, 1.54) is 11.3 Å². The lowest BCUT2D eigenvalue weighted by Gasteiger charge is -2.09. The molecule has 1 amide bonds. The molecule has 1 atom stereocenters. The van der Waals surface area contributed by atoms with Crippen LogP contribution in [0.2, 0.25) is 0 Å². The quantitative estimate of drug-likeness (QED) is 0.671. The van der Waals surface area contributed by atoms with Gasteiger partial charge in [-0.2, -0.15) is 0 Å². The van der Waals surface area contributed by atoms with Crippen molar-refractivity contribution in [2.45, 2.75) is 32.2 Å². The number of carboxylic acid groups (broad SMARTS) is 1. The van der Waals surface area contributed by atoms with Crippen LogP contribution in [0.25, 0.3) is 0 Å². The van der Waals surface area contributed by atoms with Crippen LogP contribution in [0.3, 0.4) is 0 Å². The zero-order chi connectivity index (χ0) is 12.8. The minimum atomic E-state index is -0.838. The number of hydrogen-bond acceptors (Lipinski definition) is 5. The predicted octanol–water partition coefficient (Wildman–Crippen LogP) is 0.836. The minimum absolute atomic E-state index is 0.0695. The Bertz CT molecular complexity index is 405. The van der Waals surface area contributed by atoms with Crippen LogP contribution in [0.5, 0.6) is 0 Å². The summed E-state index contributed by atoms with van der Waals surface area (Å²) in [5.41, 5.74) is 5.81. The monoisotopic (exact) mass is 257 g/mol. The van der Waals surface area contributed by atoms with E-state index in [9.17, 15) is 9.59 Å². The number of carbonyl (C=O) groups is 2. The molecule has 1 aromatic rings. The number of hydrogen-bond donors (Lipinski definition) is 3. The van der Waals surface area contributed by atoms with Crippen LogP contribution < -0.4 is 11.1 Å². The lowest BCUT2D eigenvalue weighted by Crippen LogP contribution is -2.23. The molecule has 0 aliphatic carbocycles. The topological polar surface area (TPSA) is 105 Å². The third kappa shape index (κ3) is 5.30. The maximum atomic E-state index is 10.7. The van der Waals surface area contributed by atoms with Gasteiger partial charge in [0.15, 0.2) is 5.13 Å². The molecule has 1 aromatic heterocycles. The number of thiazole rings is 1. The van der Waals surface area contributed by atoms with Crippen LogP contribution in [0.4, 0.5) is 5.13 Å². The number of carbonyl (C=O) groups excluding carboxylic acids is 1. The van der Waals surface area contributed by atoms with E-state index >= 15 is 0 Å². The lowest BCUT2D eigenvalue weighted by molar-refractivity contribution is -0.137. The van der Waals surface area contributed by atoms with Crippen LogP contribution in [0.15, 0.2) is 5.38 Å². The summed E-state index contributed by atoms with van der Waals surface area (Å²) in [6.07, 6.45) is 0.724. The van der Waals surface area contributed by atoms with Gasteiger partial charge in [-0.1, -0.05) is 0 Å². The standard InChI is InChI=1S/C10H15N3O3S/c1-6(4-8(11)14)12-10-13-7(5-17-10)2-3-9(15)16/h5-6H,2-4H2,1H3,(H2,11,14)(H,12,13)(H,15,16). The largest absolute Gasteiger partial charge is 0.481 e. The van der Waals surface area contributed by atoms with Crippen molar-refractivity contribution in [2.75, 3.05) is 5.32 Å². The molecule has 4 N–H and O–H groups in total. The summed E-state index contributed by atoms with van der Waals surface area (Å²) in [6.45, 7) is 1.84. The summed E-state index contributed by atoms with van der Waals surface area (Å²) in [6, 6.07) is -0.0778. The van der Waals surface area contributed by atoms with E-state index in [2.05, 4.69) is 10.3 Å². The van der Waals surface area contributed by atoms with Crippen molar-refractivity contribution < 1.29 is 14.7 Å². The fourth-order valence-corrected chi connectivity index (χ4v) is 2.14. The number of nitrogens with zero attached hydrogens (tertiary/aromatic N) is 1. The molecule has 0 spiro atoms. The molecule has 6 nitrogen and oxygen atoms in total. The number of aryl methyl sites for hydroxylation is 1. The van der Waals surface area contributed by atoms with Gasteiger partial charge in [0.2, 0.25) is 5.91 Å². The Hall–Kier alpha value is -1.63. The van der Waals surface area contributed by atoms with E-state index in [4.69, 9.17) is 10.8 Å². The molecule has 1 heterocycles. The molecule has 1 rings (SSSR count). The number of anilines is 1. The van der Waals surface area contributed by atoms with Gasteiger partial charge in [-0.15, -0.1) is 11.3 Å². The van der Waals surface area contributed by atoms with E-state index in [1.54, 1.807) is 0 Å². The first kappa shape index (κ1) is 13.4. The molecule has 94 valence electrons. The SMILES string of the molecule is CC(CC(N)=O)Nc1nc(CCC(=O)O)cs1. The molecular formula is C10H15N3O3S. The summed E-state index contributed by atoms with van der Waals surface area (Å²) in [5.74, 6) is -1.21. The van der Waals surface area contributed by atoms with E-state index < -0.39 is 5.97 Å². The molecule has 7 heteroatoms. The molecule has 0 bridgehead atoms. The maximum absolute atomic E-state index is 10.7. The van der Waals surface area contributed by atoms with Gasteiger partial charge in [-0.25, -0.2) is 4.98 Å². The molecule has 0 aliphatic rings. The van der Waals surface area contributed by atoms with E-state index in [0.29, 0.717) is 11.6 Å². The second-order valence-electron chi connectivity index (χ2n) is 3.75. The third-order valence-electron chi connectivity index (χ3n) is 2.02. The highest BCUT2D eigenvalue weighted by atomic mass is 32.1. The number of nitrogens with one attached hydrogen (secondary N) is 1. The number of primary amides is 1. The van der Waals surface area contributed by atoms with Gasteiger partial charge in [0.05, 0.1) is 12.1 Å². The fourth-order valence-electron chi connectivity index (χ4n) is 1.29. The Morgan fingerprint density at radius 3 is 2.94 bits per heavy atom. The van der Waals surface area contributed by atoms with Gasteiger partial charge in [-0.3, -0.25) is 9.59 Å². The number of carboxylic acids is 1. The van der Waals surface area contributed by atoms with Crippen molar-refractivity contribution >= 4 is 28.3 Å². The highest BCUT2D eigenvalue weighted by Gasteiger charge is 2.09. The van der Waals surface area contributed by atoms with Gasteiger partial charge >= 0.3 is 5.97 Å². The number of aliphatic carboxylic acids is 1. The highest BCUT2D eigenvalue weighted by Crippen LogP contribution is 2.17. The second kappa shape index (κ2) is 6.19. The summed E-state index contributed by atoms with van der Waals surface area (Å²) >= 11 is 1.39. The van der Waals surface area contributed by atoms with Crippen LogP contribution in [-0.4, -0.2) is 28.0 Å². The molecular weight excluding hydrogens is 242 g/mol. The average molecular weight is 257 g/mol. The van der Waals surface area contributed by atoms with Crippen molar-refractivity contribution in [2.24, 2.45) is 5.73 Å². The molecule has 0 saturated heterocycles. The first-order valence-corrected chi connectivity index (χ1v) is 6.06. The Kier molecular flexibility index (Phi) is 4.89. The molecule has 0 aromatic carbocycles. The maximum Gasteiger partial charge on any atom is 0.303 e. The van der Waals surface area contributed by atoms with Gasteiger partial charge in [0.1, 0.15) is 0 Å². The minimum Gasteiger partial charge on any atom is -0.481 e. The van der Waals surface area contributed by atoms with Crippen LogP contribution in [-0.2, 0) is 16.0 Å².